The molecule has 1 saturated carbocycles. The quantitative estimate of drug-likeness (QED) is 0.734. The van der Waals surface area contributed by atoms with E-state index < -0.39 is 16.1 Å². The largest absolute Gasteiger partial charge is 0.376 e. The van der Waals surface area contributed by atoms with Gasteiger partial charge in [-0.3, -0.25) is 4.79 Å². The Balaban J connectivity index is 1.72. The zero-order chi connectivity index (χ0) is 16.6. The van der Waals surface area contributed by atoms with Crippen LogP contribution in [0, 0.1) is 5.92 Å². The standard InChI is InChI=1S/C13H20N4O4S2/c1-3-4-8-12(22-17-15-8)13(18)14-9-7-5-6-21-11(7)10(9)16-23(2,19)20/h7,9-11,16H,3-6H2,1-2H3,(H,14,18)/t7-,9+,10-,11-/m0/s1. The Morgan fingerprint density at radius 2 is 2.22 bits per heavy atom. The van der Waals surface area contributed by atoms with Gasteiger partial charge in [0.25, 0.3) is 5.91 Å². The van der Waals surface area contributed by atoms with E-state index in [4.69, 9.17) is 4.74 Å². The summed E-state index contributed by atoms with van der Waals surface area (Å²) < 4.78 is 35.0. The first-order chi connectivity index (χ1) is 10.9. The Kier molecular flexibility index (Phi) is 4.68. The number of nitrogens with zero attached hydrogens (tertiary/aromatic N) is 2. The third-order valence-electron chi connectivity index (χ3n) is 4.28. The molecule has 1 amide bonds. The van der Waals surface area contributed by atoms with E-state index >= 15 is 0 Å². The molecule has 0 aromatic carbocycles. The highest BCUT2D eigenvalue weighted by atomic mass is 32.2. The smallest absolute Gasteiger partial charge is 0.265 e. The summed E-state index contributed by atoms with van der Waals surface area (Å²) in [6.45, 7) is 2.60. The van der Waals surface area contributed by atoms with Gasteiger partial charge in [0.1, 0.15) is 4.88 Å². The van der Waals surface area contributed by atoms with Crippen molar-refractivity contribution in [2.24, 2.45) is 5.92 Å². The van der Waals surface area contributed by atoms with Crippen molar-refractivity contribution in [2.45, 2.75) is 44.4 Å². The lowest BCUT2D eigenvalue weighted by atomic mass is 9.72. The first-order valence-corrected chi connectivity index (χ1v) is 10.3. The molecule has 0 unspecified atom stereocenters. The average molecular weight is 360 g/mol. The van der Waals surface area contributed by atoms with Crippen LogP contribution in [-0.4, -0.2) is 55.0 Å². The number of carbonyl (C=O) groups is 1. The molecule has 4 atom stereocenters. The van der Waals surface area contributed by atoms with Crippen molar-refractivity contribution < 1.29 is 17.9 Å². The predicted octanol–water partition coefficient (Wildman–Crippen LogP) is -0.0745. The summed E-state index contributed by atoms with van der Waals surface area (Å²) in [6, 6.07) is -0.682. The maximum absolute atomic E-state index is 12.5. The molecule has 3 rings (SSSR count). The second kappa shape index (κ2) is 6.42. The Labute approximate surface area is 139 Å². The Bertz CT molecular complexity index is 690. The molecule has 0 radical (unpaired) electrons. The Morgan fingerprint density at radius 3 is 2.91 bits per heavy atom. The van der Waals surface area contributed by atoms with Crippen molar-refractivity contribution in [1.82, 2.24) is 19.6 Å². The molecule has 1 saturated heterocycles. The highest BCUT2D eigenvalue weighted by Crippen LogP contribution is 2.39. The molecule has 2 N–H and O–H groups in total. The fourth-order valence-corrected chi connectivity index (χ4v) is 4.68. The van der Waals surface area contributed by atoms with Crippen molar-refractivity contribution in [3.8, 4) is 0 Å². The lowest BCUT2D eigenvalue weighted by molar-refractivity contribution is -0.0193. The molecule has 1 aromatic rings. The van der Waals surface area contributed by atoms with E-state index in [1.807, 2.05) is 6.92 Å². The first kappa shape index (κ1) is 16.7. The van der Waals surface area contributed by atoms with Crippen LogP contribution < -0.4 is 10.0 Å². The van der Waals surface area contributed by atoms with E-state index in [0.717, 1.165) is 30.6 Å². The Morgan fingerprint density at radius 1 is 1.43 bits per heavy atom. The number of amides is 1. The van der Waals surface area contributed by atoms with Crippen molar-refractivity contribution in [3.05, 3.63) is 10.6 Å². The van der Waals surface area contributed by atoms with Gasteiger partial charge in [0.15, 0.2) is 0 Å². The van der Waals surface area contributed by atoms with Crippen molar-refractivity contribution in [1.29, 1.82) is 0 Å². The van der Waals surface area contributed by atoms with E-state index in [9.17, 15) is 13.2 Å². The molecule has 128 valence electrons. The number of aromatic nitrogens is 2. The van der Waals surface area contributed by atoms with Gasteiger partial charge in [-0.2, -0.15) is 0 Å². The van der Waals surface area contributed by atoms with Crippen molar-refractivity contribution in [3.63, 3.8) is 0 Å². The van der Waals surface area contributed by atoms with E-state index in [1.165, 1.54) is 0 Å². The van der Waals surface area contributed by atoms with Crippen LogP contribution in [0.25, 0.3) is 0 Å². The molecule has 1 aliphatic heterocycles. The lowest BCUT2D eigenvalue weighted by Gasteiger charge is -2.47. The number of rotatable bonds is 6. The molecule has 1 aliphatic carbocycles. The zero-order valence-electron chi connectivity index (χ0n) is 13.0. The van der Waals surface area contributed by atoms with E-state index in [2.05, 4.69) is 19.6 Å². The molecule has 0 bridgehead atoms. The summed E-state index contributed by atoms with van der Waals surface area (Å²) >= 11 is 1.07. The monoisotopic (exact) mass is 360 g/mol. The number of hydrogen-bond acceptors (Lipinski definition) is 7. The van der Waals surface area contributed by atoms with Crippen LogP contribution >= 0.6 is 11.5 Å². The van der Waals surface area contributed by atoms with Crippen molar-refractivity contribution in [2.75, 3.05) is 12.9 Å². The van der Waals surface area contributed by atoms with E-state index in [1.54, 1.807) is 0 Å². The summed E-state index contributed by atoms with van der Waals surface area (Å²) in [4.78, 5) is 13.0. The van der Waals surface area contributed by atoms with Gasteiger partial charge in [-0.25, -0.2) is 13.1 Å². The molecule has 1 aromatic heterocycles. The summed E-state index contributed by atoms with van der Waals surface area (Å²) in [5.74, 6) is -0.0900. The number of ether oxygens (including phenoxy) is 1. The van der Waals surface area contributed by atoms with Crippen LogP contribution in [0.15, 0.2) is 0 Å². The minimum atomic E-state index is -3.37. The first-order valence-electron chi connectivity index (χ1n) is 7.61. The fourth-order valence-electron chi connectivity index (χ4n) is 3.29. The van der Waals surface area contributed by atoms with Gasteiger partial charge in [0.05, 0.1) is 30.1 Å². The maximum Gasteiger partial charge on any atom is 0.265 e. The lowest BCUT2D eigenvalue weighted by Crippen LogP contribution is -2.70. The average Bonchev–Trinajstić information content (AvgIpc) is 3.09. The van der Waals surface area contributed by atoms with Gasteiger partial charge in [-0.1, -0.05) is 17.8 Å². The highest BCUT2D eigenvalue weighted by molar-refractivity contribution is 7.88. The highest BCUT2D eigenvalue weighted by Gasteiger charge is 2.55. The van der Waals surface area contributed by atoms with Crippen molar-refractivity contribution >= 4 is 27.5 Å². The summed E-state index contributed by atoms with van der Waals surface area (Å²) in [5, 5.41) is 6.94. The van der Waals surface area contributed by atoms with Crippen LogP contribution in [0.2, 0.25) is 0 Å². The normalized spacial score (nSPS) is 29.8. The second-order valence-corrected chi connectivity index (χ2v) is 8.54. The number of nitrogens with one attached hydrogen (secondary N) is 2. The third-order valence-corrected chi connectivity index (χ3v) is 5.75. The number of sulfonamides is 1. The van der Waals surface area contributed by atoms with Crippen LogP contribution in [0.4, 0.5) is 0 Å². The molecule has 2 heterocycles. The number of fused-ring (bicyclic) bond motifs is 1. The molecule has 23 heavy (non-hydrogen) atoms. The minimum Gasteiger partial charge on any atom is -0.376 e. The van der Waals surface area contributed by atoms with Crippen LogP contribution in [0.1, 0.15) is 35.1 Å². The van der Waals surface area contributed by atoms with E-state index in [0.29, 0.717) is 23.6 Å². The summed E-state index contributed by atoms with van der Waals surface area (Å²) in [5.41, 5.74) is 0.696. The van der Waals surface area contributed by atoms with Crippen LogP contribution in [0.5, 0.6) is 0 Å². The van der Waals surface area contributed by atoms with Crippen LogP contribution in [0.3, 0.4) is 0 Å². The Hall–Kier alpha value is -1.10. The summed E-state index contributed by atoms with van der Waals surface area (Å²) in [7, 11) is -3.37. The predicted molar refractivity (Wildman–Crippen MR) is 84.8 cm³/mol. The number of carbonyl (C=O) groups excluding carboxylic acids is 1. The number of hydrogen-bond donors (Lipinski definition) is 2. The fraction of sp³-hybridized carbons (Fsp3) is 0.769. The van der Waals surface area contributed by atoms with Gasteiger partial charge in [-0.05, 0) is 24.4 Å². The van der Waals surface area contributed by atoms with Gasteiger partial charge in [0.2, 0.25) is 10.0 Å². The molecular formula is C13H20N4O4S2. The van der Waals surface area contributed by atoms with Gasteiger partial charge < -0.3 is 10.1 Å². The molecule has 2 aliphatic rings. The van der Waals surface area contributed by atoms with Crippen LogP contribution in [-0.2, 0) is 21.2 Å². The van der Waals surface area contributed by atoms with Gasteiger partial charge >= 0.3 is 0 Å². The summed E-state index contributed by atoms with van der Waals surface area (Å²) in [6.07, 6.45) is 3.35. The molecular weight excluding hydrogens is 340 g/mol. The topological polar surface area (TPSA) is 110 Å². The molecule has 10 heteroatoms. The number of aryl methyl sites for hydroxylation is 1. The molecule has 2 fully saturated rings. The second-order valence-electron chi connectivity index (χ2n) is 6.00. The molecule has 0 spiro atoms. The maximum atomic E-state index is 12.5. The minimum absolute atomic E-state index is 0.147. The van der Waals surface area contributed by atoms with E-state index in [-0.39, 0.29) is 24.0 Å². The molecule has 8 nitrogen and oxygen atoms in total. The SMILES string of the molecule is CCCc1nnsc1C(=O)N[C@@H]1[C@@H]2CCO[C@@H]2[C@H]1NS(C)(=O)=O. The third kappa shape index (κ3) is 3.39. The zero-order valence-corrected chi connectivity index (χ0v) is 14.6. The van der Waals surface area contributed by atoms with Gasteiger partial charge in [0, 0.05) is 12.5 Å². The van der Waals surface area contributed by atoms with Gasteiger partial charge in [-0.15, -0.1) is 5.10 Å².